The van der Waals surface area contributed by atoms with E-state index < -0.39 is 5.41 Å². The third-order valence-electron chi connectivity index (χ3n) is 6.01. The van der Waals surface area contributed by atoms with Gasteiger partial charge in [-0.3, -0.25) is 9.59 Å². The highest BCUT2D eigenvalue weighted by Crippen LogP contribution is 2.48. The van der Waals surface area contributed by atoms with Crippen LogP contribution in [0.15, 0.2) is 54.6 Å². The molecule has 2 aliphatic rings. The van der Waals surface area contributed by atoms with E-state index >= 15 is 0 Å². The number of hydrogen-bond donors (Lipinski definition) is 2. The number of amides is 2. The van der Waals surface area contributed by atoms with Gasteiger partial charge in [0.1, 0.15) is 11.2 Å². The Morgan fingerprint density at radius 3 is 2.11 bits per heavy atom. The zero-order chi connectivity index (χ0) is 18.9. The molecule has 2 saturated carbocycles. The Morgan fingerprint density at radius 2 is 1.56 bits per heavy atom. The van der Waals surface area contributed by atoms with E-state index in [1.54, 1.807) is 0 Å². The van der Waals surface area contributed by atoms with E-state index in [-0.39, 0.29) is 23.0 Å². The van der Waals surface area contributed by atoms with Crippen molar-refractivity contribution in [2.24, 2.45) is 5.41 Å². The Labute approximate surface area is 158 Å². The number of anilines is 1. The summed E-state index contributed by atoms with van der Waals surface area (Å²) >= 11 is 0. The molecule has 0 aliphatic heterocycles. The van der Waals surface area contributed by atoms with Crippen LogP contribution >= 0.6 is 0 Å². The van der Waals surface area contributed by atoms with Crippen LogP contribution in [0, 0.1) is 11.2 Å². The van der Waals surface area contributed by atoms with Gasteiger partial charge in [-0.05, 0) is 55.5 Å². The predicted octanol–water partition coefficient (Wildman–Crippen LogP) is 3.78. The maximum Gasteiger partial charge on any atom is 0.240 e. The molecule has 4 rings (SSSR count). The highest BCUT2D eigenvalue weighted by atomic mass is 19.1. The first-order valence-corrected chi connectivity index (χ1v) is 9.45. The molecular formula is C22H23FN2O2. The summed E-state index contributed by atoms with van der Waals surface area (Å²) in [5, 5.41) is 5.79. The highest BCUT2D eigenvalue weighted by Gasteiger charge is 2.57. The van der Waals surface area contributed by atoms with Crippen LogP contribution in [0.1, 0.15) is 37.7 Å². The topological polar surface area (TPSA) is 58.2 Å². The standard InChI is InChI=1S/C22H23FN2O2/c23-17-7-9-18(10-8-17)25-20(27)22(13-14-22)19(26)24-15-21(11-4-12-21)16-5-2-1-3-6-16/h1-3,5-10H,4,11-15H2,(H,24,26)(H,25,27). The summed E-state index contributed by atoms with van der Waals surface area (Å²) in [7, 11) is 0. The molecule has 0 unspecified atom stereocenters. The Balaban J connectivity index is 1.40. The van der Waals surface area contributed by atoms with Gasteiger partial charge in [0.25, 0.3) is 0 Å². The van der Waals surface area contributed by atoms with Gasteiger partial charge < -0.3 is 10.6 Å². The molecule has 4 nitrogen and oxygen atoms in total. The van der Waals surface area contributed by atoms with Gasteiger partial charge in [0.15, 0.2) is 0 Å². The lowest BCUT2D eigenvalue weighted by Gasteiger charge is -2.43. The first kappa shape index (κ1) is 17.7. The smallest absolute Gasteiger partial charge is 0.240 e. The quantitative estimate of drug-likeness (QED) is 0.765. The van der Waals surface area contributed by atoms with E-state index in [1.807, 2.05) is 18.2 Å². The molecule has 2 aromatic rings. The fourth-order valence-corrected chi connectivity index (χ4v) is 3.85. The molecule has 140 valence electrons. The molecule has 0 bridgehead atoms. The first-order valence-electron chi connectivity index (χ1n) is 9.45. The molecule has 2 amide bonds. The SMILES string of the molecule is O=C(NCC1(c2ccccc2)CCC1)C1(C(=O)Nc2ccc(F)cc2)CC1. The fraction of sp³-hybridized carbons (Fsp3) is 0.364. The van der Waals surface area contributed by atoms with Crippen molar-refractivity contribution in [1.29, 1.82) is 0 Å². The minimum absolute atomic E-state index is 0.0135. The van der Waals surface area contributed by atoms with Gasteiger partial charge in [-0.15, -0.1) is 0 Å². The lowest BCUT2D eigenvalue weighted by molar-refractivity contribution is -0.134. The first-order chi connectivity index (χ1) is 13.0. The van der Waals surface area contributed by atoms with Gasteiger partial charge in [0.2, 0.25) is 11.8 Å². The van der Waals surface area contributed by atoms with Gasteiger partial charge in [0, 0.05) is 17.6 Å². The summed E-state index contributed by atoms with van der Waals surface area (Å²) in [5.41, 5.74) is 0.744. The van der Waals surface area contributed by atoms with Crippen LogP contribution in [-0.2, 0) is 15.0 Å². The summed E-state index contributed by atoms with van der Waals surface area (Å²) in [6.07, 6.45) is 4.34. The van der Waals surface area contributed by atoms with E-state index in [1.165, 1.54) is 29.8 Å². The monoisotopic (exact) mass is 366 g/mol. The molecule has 27 heavy (non-hydrogen) atoms. The number of nitrogens with one attached hydrogen (secondary N) is 2. The normalized spacial score (nSPS) is 18.9. The fourth-order valence-electron chi connectivity index (χ4n) is 3.85. The molecule has 0 saturated heterocycles. The van der Waals surface area contributed by atoms with E-state index in [9.17, 15) is 14.0 Å². The minimum Gasteiger partial charge on any atom is -0.354 e. The van der Waals surface area contributed by atoms with Crippen LogP contribution in [0.4, 0.5) is 10.1 Å². The molecule has 0 atom stereocenters. The number of carbonyl (C=O) groups is 2. The third-order valence-corrected chi connectivity index (χ3v) is 6.01. The third kappa shape index (κ3) is 3.34. The van der Waals surface area contributed by atoms with Crippen molar-refractivity contribution in [1.82, 2.24) is 5.32 Å². The molecule has 0 heterocycles. The molecule has 2 aromatic carbocycles. The van der Waals surface area contributed by atoms with Crippen molar-refractivity contribution in [2.75, 3.05) is 11.9 Å². The Morgan fingerprint density at radius 1 is 0.889 bits per heavy atom. The summed E-state index contributed by atoms with van der Waals surface area (Å²) in [6.45, 7) is 0.557. The molecule has 2 N–H and O–H groups in total. The molecular weight excluding hydrogens is 343 g/mol. The summed E-state index contributed by atoms with van der Waals surface area (Å²) < 4.78 is 13.0. The van der Waals surface area contributed by atoms with Crippen molar-refractivity contribution < 1.29 is 14.0 Å². The molecule has 0 radical (unpaired) electrons. The number of carbonyl (C=O) groups excluding carboxylic acids is 2. The number of halogens is 1. The van der Waals surface area contributed by atoms with Crippen molar-refractivity contribution in [3.05, 3.63) is 66.0 Å². The van der Waals surface area contributed by atoms with E-state index in [0.717, 1.165) is 19.3 Å². The minimum atomic E-state index is -0.990. The maximum atomic E-state index is 13.0. The predicted molar refractivity (Wildman–Crippen MR) is 102 cm³/mol. The van der Waals surface area contributed by atoms with Gasteiger partial charge in [-0.25, -0.2) is 4.39 Å². The lowest BCUT2D eigenvalue weighted by atomic mass is 9.64. The zero-order valence-electron chi connectivity index (χ0n) is 15.1. The van der Waals surface area contributed by atoms with Gasteiger partial charge >= 0.3 is 0 Å². The number of rotatable bonds is 6. The largest absolute Gasteiger partial charge is 0.354 e. The van der Waals surface area contributed by atoms with E-state index in [2.05, 4.69) is 22.8 Å². The molecule has 0 spiro atoms. The summed E-state index contributed by atoms with van der Waals surface area (Å²) in [5.74, 6) is -0.878. The van der Waals surface area contributed by atoms with Crippen molar-refractivity contribution in [2.45, 2.75) is 37.5 Å². The molecule has 0 aromatic heterocycles. The Bertz CT molecular complexity index is 840. The van der Waals surface area contributed by atoms with Crippen molar-refractivity contribution in [3.63, 3.8) is 0 Å². The van der Waals surface area contributed by atoms with Gasteiger partial charge in [-0.2, -0.15) is 0 Å². The average molecular weight is 366 g/mol. The van der Waals surface area contributed by atoms with E-state index in [0.29, 0.717) is 25.1 Å². The van der Waals surface area contributed by atoms with Crippen molar-refractivity contribution >= 4 is 17.5 Å². The van der Waals surface area contributed by atoms with E-state index in [4.69, 9.17) is 0 Å². The number of benzene rings is 2. The maximum absolute atomic E-state index is 13.0. The van der Waals surface area contributed by atoms with Gasteiger partial charge in [-0.1, -0.05) is 36.8 Å². The Hall–Kier alpha value is -2.69. The number of hydrogen-bond acceptors (Lipinski definition) is 2. The van der Waals surface area contributed by atoms with Crippen LogP contribution in [0.2, 0.25) is 0 Å². The van der Waals surface area contributed by atoms with Crippen LogP contribution in [0.3, 0.4) is 0 Å². The van der Waals surface area contributed by atoms with Crippen LogP contribution in [0.25, 0.3) is 0 Å². The summed E-state index contributed by atoms with van der Waals surface area (Å²) in [6, 6.07) is 15.8. The molecule has 2 aliphatic carbocycles. The van der Waals surface area contributed by atoms with Crippen LogP contribution < -0.4 is 10.6 Å². The summed E-state index contributed by atoms with van der Waals surface area (Å²) in [4.78, 5) is 25.4. The second-order valence-electron chi connectivity index (χ2n) is 7.73. The van der Waals surface area contributed by atoms with Crippen LogP contribution in [0.5, 0.6) is 0 Å². The highest BCUT2D eigenvalue weighted by molar-refractivity contribution is 6.13. The van der Waals surface area contributed by atoms with Gasteiger partial charge in [0.05, 0.1) is 0 Å². The van der Waals surface area contributed by atoms with Crippen molar-refractivity contribution in [3.8, 4) is 0 Å². The molecule has 5 heteroatoms. The second kappa shape index (κ2) is 6.80. The zero-order valence-corrected chi connectivity index (χ0v) is 15.1. The Kier molecular flexibility index (Phi) is 4.46. The average Bonchev–Trinajstić information content (AvgIpc) is 3.45. The lowest BCUT2D eigenvalue weighted by Crippen LogP contribution is -2.49. The molecule has 2 fully saturated rings. The second-order valence-corrected chi connectivity index (χ2v) is 7.73. The van der Waals surface area contributed by atoms with Crippen LogP contribution in [-0.4, -0.2) is 18.4 Å².